The van der Waals surface area contributed by atoms with Gasteiger partial charge >= 0.3 is 0 Å². The molecule has 4 aromatic rings. The Morgan fingerprint density at radius 1 is 1.22 bits per heavy atom. The van der Waals surface area contributed by atoms with Crippen LogP contribution in [0.4, 0.5) is 5.82 Å². The number of hydrogen-bond donors (Lipinski definition) is 1. The number of nitriles is 1. The van der Waals surface area contributed by atoms with Crippen LogP contribution in [0.15, 0.2) is 29.6 Å². The third kappa shape index (κ3) is 2.92. The molecule has 1 saturated heterocycles. The molecule has 0 radical (unpaired) electrons. The summed E-state index contributed by atoms with van der Waals surface area (Å²) in [5.74, 6) is 1.43. The highest BCUT2D eigenvalue weighted by atomic mass is 35.5. The van der Waals surface area contributed by atoms with Crippen LogP contribution < -0.4 is 10.5 Å². The zero-order valence-electron chi connectivity index (χ0n) is 17.1. The minimum absolute atomic E-state index is 0. The van der Waals surface area contributed by atoms with Crippen molar-refractivity contribution in [3.63, 3.8) is 0 Å². The molecule has 1 aliphatic heterocycles. The Labute approximate surface area is 195 Å². The van der Waals surface area contributed by atoms with E-state index in [0.717, 1.165) is 44.5 Å². The van der Waals surface area contributed by atoms with Crippen molar-refractivity contribution in [2.45, 2.75) is 44.2 Å². The van der Waals surface area contributed by atoms with Gasteiger partial charge in [0.1, 0.15) is 29.4 Å². The van der Waals surface area contributed by atoms with Gasteiger partial charge in [-0.05, 0) is 38.2 Å². The second-order valence-electron chi connectivity index (χ2n) is 8.16. The maximum atomic E-state index is 13.5. The quantitative estimate of drug-likeness (QED) is 0.493. The smallest absolute Gasteiger partial charge is 0.279 e. The lowest BCUT2D eigenvalue weighted by molar-refractivity contribution is 0.288. The lowest BCUT2D eigenvalue weighted by atomic mass is 9.92. The predicted molar refractivity (Wildman–Crippen MR) is 126 cm³/mol. The predicted octanol–water partition coefficient (Wildman–Crippen LogP) is 3.47. The van der Waals surface area contributed by atoms with E-state index in [4.69, 9.17) is 16.7 Å². The largest absolute Gasteiger partial charge is 0.346 e. The van der Waals surface area contributed by atoms with E-state index >= 15 is 0 Å². The van der Waals surface area contributed by atoms with Crippen LogP contribution in [0.3, 0.4) is 0 Å². The van der Waals surface area contributed by atoms with Gasteiger partial charge in [-0.15, -0.1) is 0 Å². The number of rotatable bonds is 3. The van der Waals surface area contributed by atoms with Gasteiger partial charge in [-0.1, -0.05) is 11.6 Å². The number of H-pyrrole nitrogens is 1. The van der Waals surface area contributed by atoms with Gasteiger partial charge in [0, 0.05) is 25.0 Å². The van der Waals surface area contributed by atoms with Crippen molar-refractivity contribution in [3.8, 4) is 6.07 Å². The van der Waals surface area contributed by atoms with E-state index in [1.165, 1.54) is 6.33 Å². The number of halogens is 1. The molecule has 2 aliphatic rings. The number of anilines is 1. The Morgan fingerprint density at radius 2 is 2.06 bits per heavy atom. The third-order valence-electron chi connectivity index (χ3n) is 6.53. The summed E-state index contributed by atoms with van der Waals surface area (Å²) >= 11 is 6.30. The molecule has 4 aromatic heterocycles. The third-order valence-corrected chi connectivity index (χ3v) is 6.83. The molecule has 1 saturated carbocycles. The number of fused-ring (bicyclic) bond motifs is 2. The van der Waals surface area contributed by atoms with Gasteiger partial charge in [0.05, 0.1) is 22.0 Å². The van der Waals surface area contributed by atoms with Crippen LogP contribution in [-0.2, 0) is 0 Å². The first-order valence-electron chi connectivity index (χ1n) is 10.5. The summed E-state index contributed by atoms with van der Waals surface area (Å²) in [5.41, 5.74) is 1.46. The first-order chi connectivity index (χ1) is 15.2. The molecule has 1 atom stereocenters. The fraction of sp³-hybridized carbons (Fsp3) is 0.381. The van der Waals surface area contributed by atoms with E-state index in [0.29, 0.717) is 33.0 Å². The zero-order chi connectivity index (χ0) is 21.1. The summed E-state index contributed by atoms with van der Waals surface area (Å²) < 4.78 is 3.45. The van der Waals surface area contributed by atoms with Crippen molar-refractivity contribution < 1.29 is 0 Å². The molecule has 0 amide bonds. The summed E-state index contributed by atoms with van der Waals surface area (Å²) in [6.07, 6.45) is 9.71. The van der Waals surface area contributed by atoms with E-state index < -0.39 is 0 Å². The zero-order valence-corrected chi connectivity index (χ0v) is 18.9. The summed E-state index contributed by atoms with van der Waals surface area (Å²) in [6, 6.07) is 3.95. The number of aromatic nitrogens is 6. The average Bonchev–Trinajstić information content (AvgIpc) is 3.46. The molecule has 6 rings (SSSR count). The highest BCUT2D eigenvalue weighted by Gasteiger charge is 2.36. The Balaban J connectivity index is 0.00000216. The second-order valence-corrected chi connectivity index (χ2v) is 8.57. The van der Waals surface area contributed by atoms with Gasteiger partial charge in [0.2, 0.25) is 0 Å². The van der Waals surface area contributed by atoms with Crippen LogP contribution in [0.25, 0.3) is 16.6 Å². The Bertz CT molecular complexity index is 1430. The van der Waals surface area contributed by atoms with E-state index in [1.807, 2.05) is 4.57 Å². The van der Waals surface area contributed by atoms with Crippen molar-refractivity contribution in [3.05, 3.63) is 51.6 Å². The minimum Gasteiger partial charge on any atom is -0.346 e. The molecular formula is C21H21ClN8OS. The fourth-order valence-electron chi connectivity index (χ4n) is 4.83. The van der Waals surface area contributed by atoms with E-state index in [1.54, 1.807) is 23.0 Å². The summed E-state index contributed by atoms with van der Waals surface area (Å²) in [7, 11) is 0. The van der Waals surface area contributed by atoms with Crippen LogP contribution in [0.5, 0.6) is 0 Å². The summed E-state index contributed by atoms with van der Waals surface area (Å²) in [4.78, 5) is 27.5. The summed E-state index contributed by atoms with van der Waals surface area (Å²) in [5, 5.41) is 15.6. The maximum Gasteiger partial charge on any atom is 0.279 e. The lowest BCUT2D eigenvalue weighted by Crippen LogP contribution is -2.38. The molecule has 11 heteroatoms. The number of nitrogens with one attached hydrogen (secondary N) is 1. The standard InChI is InChI=1S/C21H19ClN8O.H2S/c22-14-6-8-29-17(14)21(31)30(13-3-1-4-13)19(27-29)15-5-2-7-28(15)20-16-12(9-23)10-24-18(16)25-11-26-20;/h6,8,10-11,13,15H,1-5,7H2,(H,24,25,26);1H2/t15-;/m0./s1. The van der Waals surface area contributed by atoms with Crippen LogP contribution >= 0.6 is 25.1 Å². The monoisotopic (exact) mass is 468 g/mol. The van der Waals surface area contributed by atoms with Gasteiger partial charge in [-0.2, -0.15) is 23.9 Å². The highest BCUT2D eigenvalue weighted by Crippen LogP contribution is 2.40. The second kappa shape index (κ2) is 7.83. The van der Waals surface area contributed by atoms with Crippen molar-refractivity contribution in [1.29, 1.82) is 5.26 Å². The normalized spacial score (nSPS) is 18.6. The van der Waals surface area contributed by atoms with Crippen molar-refractivity contribution in [2.24, 2.45) is 0 Å². The molecule has 164 valence electrons. The molecular weight excluding hydrogens is 448 g/mol. The molecule has 0 spiro atoms. The van der Waals surface area contributed by atoms with Gasteiger partial charge in [-0.25, -0.2) is 14.5 Å². The van der Waals surface area contributed by atoms with E-state index in [2.05, 4.69) is 25.9 Å². The molecule has 2 fully saturated rings. The number of hydrogen-bond acceptors (Lipinski definition) is 6. The molecule has 0 aromatic carbocycles. The van der Waals surface area contributed by atoms with Crippen molar-refractivity contribution in [1.82, 2.24) is 29.1 Å². The molecule has 9 nitrogen and oxygen atoms in total. The molecule has 0 unspecified atom stereocenters. The first-order valence-corrected chi connectivity index (χ1v) is 10.8. The van der Waals surface area contributed by atoms with E-state index in [-0.39, 0.29) is 31.1 Å². The molecule has 0 bridgehead atoms. The Hall–Kier alpha value is -3.03. The van der Waals surface area contributed by atoms with Crippen molar-refractivity contribution in [2.75, 3.05) is 11.4 Å². The minimum atomic E-state index is -0.126. The van der Waals surface area contributed by atoms with E-state index in [9.17, 15) is 10.1 Å². The Morgan fingerprint density at radius 3 is 2.81 bits per heavy atom. The molecule has 1 N–H and O–H groups in total. The first kappa shape index (κ1) is 20.8. The van der Waals surface area contributed by atoms with Gasteiger partial charge in [-0.3, -0.25) is 9.36 Å². The van der Waals surface area contributed by atoms with Crippen LogP contribution in [-0.4, -0.2) is 35.7 Å². The maximum absolute atomic E-state index is 13.5. The molecule has 32 heavy (non-hydrogen) atoms. The molecule has 5 heterocycles. The molecule has 1 aliphatic carbocycles. The van der Waals surface area contributed by atoms with Crippen LogP contribution in [0.1, 0.15) is 55.6 Å². The SMILES string of the molecule is N#Cc1c[nH]c2ncnc(N3CCC[C@H]3c3nn4ccc(Cl)c4c(=O)n3C3CCC3)c12.S. The van der Waals surface area contributed by atoms with Gasteiger partial charge < -0.3 is 9.88 Å². The van der Waals surface area contributed by atoms with Crippen LogP contribution in [0.2, 0.25) is 5.02 Å². The highest BCUT2D eigenvalue weighted by molar-refractivity contribution is 7.59. The lowest BCUT2D eigenvalue weighted by Gasteiger charge is -2.33. The number of aromatic amines is 1. The summed E-state index contributed by atoms with van der Waals surface area (Å²) in [6.45, 7) is 0.762. The van der Waals surface area contributed by atoms with Gasteiger partial charge in [0.15, 0.2) is 5.82 Å². The average molecular weight is 469 g/mol. The van der Waals surface area contributed by atoms with Crippen molar-refractivity contribution >= 4 is 47.5 Å². The number of nitrogens with zero attached hydrogens (tertiary/aromatic N) is 7. The van der Waals surface area contributed by atoms with Crippen LogP contribution in [0, 0.1) is 11.3 Å². The Kier molecular flexibility index (Phi) is 5.10. The topological polar surface area (TPSA) is 108 Å². The fourth-order valence-corrected chi connectivity index (χ4v) is 5.05. The van der Waals surface area contributed by atoms with Gasteiger partial charge in [0.25, 0.3) is 5.56 Å².